The van der Waals surface area contributed by atoms with Gasteiger partial charge in [0.15, 0.2) is 0 Å². The van der Waals surface area contributed by atoms with Crippen LogP contribution in [0, 0.1) is 5.92 Å². The van der Waals surface area contributed by atoms with Crippen LogP contribution < -0.4 is 5.73 Å². The van der Waals surface area contributed by atoms with Crippen molar-refractivity contribution >= 4 is 5.91 Å². The molecule has 114 valence electrons. The van der Waals surface area contributed by atoms with E-state index in [4.69, 9.17) is 5.73 Å². The number of amides is 1. The third-order valence-corrected chi connectivity index (χ3v) is 5.65. The molecule has 4 nitrogen and oxygen atoms in total. The molecule has 1 aliphatic carbocycles. The van der Waals surface area contributed by atoms with Crippen molar-refractivity contribution in [2.24, 2.45) is 11.7 Å². The summed E-state index contributed by atoms with van der Waals surface area (Å²) >= 11 is 0. The molecule has 3 fully saturated rings. The Bertz CT molecular complexity index is 341. The van der Waals surface area contributed by atoms with Gasteiger partial charge in [0, 0.05) is 38.1 Å². The normalized spacial score (nSPS) is 32.4. The highest BCUT2D eigenvalue weighted by Crippen LogP contribution is 2.38. The van der Waals surface area contributed by atoms with Gasteiger partial charge < -0.3 is 10.6 Å². The maximum absolute atomic E-state index is 12.4. The average molecular weight is 279 g/mol. The zero-order valence-corrected chi connectivity index (χ0v) is 12.6. The molecule has 4 heteroatoms. The van der Waals surface area contributed by atoms with Crippen molar-refractivity contribution in [1.29, 1.82) is 0 Å². The van der Waals surface area contributed by atoms with E-state index in [-0.39, 0.29) is 6.04 Å². The minimum absolute atomic E-state index is 0.272. The third-order valence-electron chi connectivity index (χ3n) is 5.65. The molecule has 2 heterocycles. The molecule has 0 bridgehead atoms. The SMILES string of the molecule is NCC(CC(=O)N1CCCC1)N1CCCC2CCCC21. The summed E-state index contributed by atoms with van der Waals surface area (Å²) in [5.74, 6) is 1.21. The first-order valence-corrected chi connectivity index (χ1v) is 8.53. The van der Waals surface area contributed by atoms with Crippen molar-refractivity contribution < 1.29 is 4.79 Å². The number of piperidine rings is 1. The first kappa shape index (κ1) is 14.3. The topological polar surface area (TPSA) is 49.6 Å². The number of carbonyl (C=O) groups excluding carboxylic acids is 1. The van der Waals surface area contributed by atoms with Crippen molar-refractivity contribution in [3.63, 3.8) is 0 Å². The second-order valence-corrected chi connectivity index (χ2v) is 6.82. The van der Waals surface area contributed by atoms with Crippen molar-refractivity contribution in [1.82, 2.24) is 9.80 Å². The van der Waals surface area contributed by atoms with Gasteiger partial charge in [-0.15, -0.1) is 0 Å². The average Bonchev–Trinajstić information content (AvgIpc) is 3.14. The van der Waals surface area contributed by atoms with Crippen LogP contribution in [0.15, 0.2) is 0 Å². The number of rotatable bonds is 4. The van der Waals surface area contributed by atoms with Gasteiger partial charge in [-0.25, -0.2) is 0 Å². The number of nitrogens with two attached hydrogens (primary N) is 1. The maximum Gasteiger partial charge on any atom is 0.224 e. The van der Waals surface area contributed by atoms with Crippen LogP contribution in [0.3, 0.4) is 0 Å². The van der Waals surface area contributed by atoms with Gasteiger partial charge in [-0.1, -0.05) is 6.42 Å². The molecule has 1 amide bonds. The van der Waals surface area contributed by atoms with Gasteiger partial charge in [-0.3, -0.25) is 9.69 Å². The van der Waals surface area contributed by atoms with Crippen molar-refractivity contribution in [3.05, 3.63) is 0 Å². The largest absolute Gasteiger partial charge is 0.343 e. The van der Waals surface area contributed by atoms with E-state index < -0.39 is 0 Å². The molecule has 2 aliphatic heterocycles. The van der Waals surface area contributed by atoms with Crippen LogP contribution in [0.2, 0.25) is 0 Å². The smallest absolute Gasteiger partial charge is 0.224 e. The molecule has 20 heavy (non-hydrogen) atoms. The summed E-state index contributed by atoms with van der Waals surface area (Å²) in [5, 5.41) is 0. The minimum Gasteiger partial charge on any atom is -0.343 e. The Morgan fingerprint density at radius 3 is 2.55 bits per heavy atom. The Morgan fingerprint density at radius 2 is 1.80 bits per heavy atom. The molecule has 3 aliphatic rings. The lowest BCUT2D eigenvalue weighted by molar-refractivity contribution is -0.131. The first-order chi connectivity index (χ1) is 9.79. The Labute approximate surface area is 122 Å². The second-order valence-electron chi connectivity index (χ2n) is 6.82. The summed E-state index contributed by atoms with van der Waals surface area (Å²) in [5.41, 5.74) is 6.02. The van der Waals surface area contributed by atoms with E-state index in [1.54, 1.807) is 0 Å². The van der Waals surface area contributed by atoms with Crippen LogP contribution in [0.5, 0.6) is 0 Å². The lowest BCUT2D eigenvalue weighted by Crippen LogP contribution is -2.52. The minimum atomic E-state index is 0.272. The van der Waals surface area contributed by atoms with Gasteiger partial charge in [-0.05, 0) is 51.0 Å². The molecule has 0 radical (unpaired) electrons. The van der Waals surface area contributed by atoms with E-state index >= 15 is 0 Å². The van der Waals surface area contributed by atoms with Crippen LogP contribution in [-0.2, 0) is 4.79 Å². The molecule has 2 saturated heterocycles. The Hall–Kier alpha value is -0.610. The molecule has 0 spiro atoms. The number of hydrogen-bond donors (Lipinski definition) is 1. The summed E-state index contributed by atoms with van der Waals surface area (Å²) < 4.78 is 0. The van der Waals surface area contributed by atoms with Crippen molar-refractivity contribution in [3.8, 4) is 0 Å². The molecule has 3 rings (SSSR count). The van der Waals surface area contributed by atoms with Gasteiger partial charge in [0.1, 0.15) is 0 Å². The van der Waals surface area contributed by atoms with Crippen LogP contribution in [0.4, 0.5) is 0 Å². The standard InChI is InChI=1S/C16H29N3O/c17-12-14(11-16(20)18-8-1-2-9-18)19-10-4-6-13-5-3-7-15(13)19/h13-15H,1-12,17H2. The first-order valence-electron chi connectivity index (χ1n) is 8.53. The second kappa shape index (κ2) is 6.44. The monoisotopic (exact) mass is 279 g/mol. The predicted octanol–water partition coefficient (Wildman–Crippen LogP) is 1.59. The fourth-order valence-electron chi connectivity index (χ4n) is 4.58. The number of fused-ring (bicyclic) bond motifs is 1. The fourth-order valence-corrected chi connectivity index (χ4v) is 4.58. The third kappa shape index (κ3) is 2.86. The van der Waals surface area contributed by atoms with E-state index in [2.05, 4.69) is 4.90 Å². The Balaban J connectivity index is 1.61. The van der Waals surface area contributed by atoms with Crippen LogP contribution in [0.1, 0.15) is 51.4 Å². The fraction of sp³-hybridized carbons (Fsp3) is 0.938. The summed E-state index contributed by atoms with van der Waals surface area (Å²) in [6.45, 7) is 3.70. The highest BCUT2D eigenvalue weighted by molar-refractivity contribution is 5.77. The number of hydrogen-bond acceptors (Lipinski definition) is 3. The molecular formula is C16H29N3O. The molecule has 1 saturated carbocycles. The number of nitrogens with zero attached hydrogens (tertiary/aromatic N) is 2. The number of likely N-dealkylation sites (tertiary alicyclic amines) is 2. The highest BCUT2D eigenvalue weighted by Gasteiger charge is 2.38. The van der Waals surface area contributed by atoms with Crippen molar-refractivity contribution in [2.75, 3.05) is 26.2 Å². The van der Waals surface area contributed by atoms with E-state index in [0.29, 0.717) is 24.9 Å². The van der Waals surface area contributed by atoms with Crippen molar-refractivity contribution in [2.45, 2.75) is 63.5 Å². The van der Waals surface area contributed by atoms with Gasteiger partial charge in [0.25, 0.3) is 0 Å². The number of carbonyl (C=O) groups is 1. The lowest BCUT2D eigenvalue weighted by atomic mass is 9.90. The molecule has 2 N–H and O–H groups in total. The molecular weight excluding hydrogens is 250 g/mol. The molecule has 0 aromatic rings. The van der Waals surface area contributed by atoms with Gasteiger partial charge in [-0.2, -0.15) is 0 Å². The molecule has 0 aromatic carbocycles. The van der Waals surface area contributed by atoms with Crippen LogP contribution in [0.25, 0.3) is 0 Å². The van der Waals surface area contributed by atoms with Crippen LogP contribution >= 0.6 is 0 Å². The summed E-state index contributed by atoms with van der Waals surface area (Å²) in [4.78, 5) is 17.0. The highest BCUT2D eigenvalue weighted by atomic mass is 16.2. The Kier molecular flexibility index (Phi) is 4.61. The van der Waals surface area contributed by atoms with Gasteiger partial charge in [0.05, 0.1) is 0 Å². The van der Waals surface area contributed by atoms with E-state index in [1.165, 1.54) is 44.9 Å². The molecule has 0 aromatic heterocycles. The summed E-state index contributed by atoms with van der Waals surface area (Å²) in [7, 11) is 0. The van der Waals surface area contributed by atoms with E-state index in [9.17, 15) is 4.79 Å². The van der Waals surface area contributed by atoms with Crippen LogP contribution in [-0.4, -0.2) is 54.0 Å². The lowest BCUT2D eigenvalue weighted by Gasteiger charge is -2.42. The summed E-state index contributed by atoms with van der Waals surface area (Å²) in [6, 6.07) is 0.984. The molecule has 3 atom stereocenters. The van der Waals surface area contributed by atoms with Gasteiger partial charge in [0.2, 0.25) is 5.91 Å². The zero-order valence-electron chi connectivity index (χ0n) is 12.6. The zero-order chi connectivity index (χ0) is 13.9. The van der Waals surface area contributed by atoms with E-state index in [1.807, 2.05) is 4.90 Å². The quantitative estimate of drug-likeness (QED) is 0.850. The Morgan fingerprint density at radius 1 is 1.05 bits per heavy atom. The maximum atomic E-state index is 12.4. The van der Waals surface area contributed by atoms with Gasteiger partial charge >= 0.3 is 0 Å². The van der Waals surface area contributed by atoms with E-state index in [0.717, 1.165) is 25.6 Å². The summed E-state index contributed by atoms with van der Waals surface area (Å²) in [6.07, 6.45) is 9.73. The molecule has 3 unspecified atom stereocenters. The predicted molar refractivity (Wildman–Crippen MR) is 80.3 cm³/mol.